The van der Waals surface area contributed by atoms with Crippen LogP contribution >= 0.6 is 34.5 Å². The van der Waals surface area contributed by atoms with Crippen molar-refractivity contribution in [2.75, 3.05) is 5.32 Å². The third-order valence-electron chi connectivity index (χ3n) is 3.96. The van der Waals surface area contributed by atoms with Crippen LogP contribution in [0.25, 0.3) is 11.4 Å². The highest BCUT2D eigenvalue weighted by molar-refractivity contribution is 7.91. The second-order valence-electron chi connectivity index (χ2n) is 6.15. The van der Waals surface area contributed by atoms with Crippen LogP contribution in [0.15, 0.2) is 57.4 Å². The quantitative estimate of drug-likeness (QED) is 0.359. The Hall–Kier alpha value is -2.90. The largest absolute Gasteiger partial charge is 0.338 e. The van der Waals surface area contributed by atoms with E-state index in [9.17, 15) is 13.2 Å². The molecule has 2 aromatic carbocycles. The Morgan fingerprint density at radius 3 is 2.56 bits per heavy atom. The zero-order chi connectivity index (χ0) is 22.7. The summed E-state index contributed by atoms with van der Waals surface area (Å²) >= 11 is 12.6. The van der Waals surface area contributed by atoms with Gasteiger partial charge in [-0.15, -0.1) is 10.2 Å². The number of sulfonamides is 1. The van der Waals surface area contributed by atoms with E-state index >= 15 is 0 Å². The van der Waals surface area contributed by atoms with E-state index in [4.69, 9.17) is 27.7 Å². The molecule has 2 N–H and O–H groups in total. The van der Waals surface area contributed by atoms with Crippen molar-refractivity contribution in [3.8, 4) is 11.4 Å². The van der Waals surface area contributed by atoms with Gasteiger partial charge in [-0.05, 0) is 36.4 Å². The number of nitrogens with zero attached hydrogens (tertiary/aromatic N) is 4. The summed E-state index contributed by atoms with van der Waals surface area (Å²) < 4.78 is 32.0. The number of hydrogen-bond acceptors (Lipinski definition) is 9. The zero-order valence-electron chi connectivity index (χ0n) is 15.8. The van der Waals surface area contributed by atoms with Gasteiger partial charge in [0.25, 0.3) is 15.9 Å². The molecule has 0 aliphatic carbocycles. The van der Waals surface area contributed by atoms with Gasteiger partial charge in [-0.3, -0.25) is 10.1 Å². The van der Waals surface area contributed by atoms with Gasteiger partial charge in [0.05, 0.1) is 11.6 Å². The summed E-state index contributed by atoms with van der Waals surface area (Å²) in [5.74, 6) is -0.218. The van der Waals surface area contributed by atoms with E-state index in [2.05, 4.69) is 30.4 Å². The van der Waals surface area contributed by atoms with Gasteiger partial charge in [-0.25, -0.2) is 8.42 Å². The minimum Gasteiger partial charge on any atom is -0.338 e. The number of carbonyl (C=O) groups excluding carboxylic acids is 1. The van der Waals surface area contributed by atoms with E-state index in [-0.39, 0.29) is 27.7 Å². The molecule has 4 aromatic rings. The Morgan fingerprint density at radius 1 is 1.06 bits per heavy atom. The fourth-order valence-corrected chi connectivity index (χ4v) is 4.69. The predicted molar refractivity (Wildman–Crippen MR) is 118 cm³/mol. The first kappa shape index (κ1) is 22.3. The first-order valence-electron chi connectivity index (χ1n) is 8.79. The second-order valence-corrected chi connectivity index (χ2v) is 9.91. The molecule has 10 nitrogen and oxygen atoms in total. The number of benzene rings is 2. The standard InChI is InChI=1S/C18H12Cl2N6O4S2/c19-11-7-5-10(6-8-11)16(27)23-17-24-25-18(31-17)32(28,29)21-9-14-22-15(26-30-14)12-3-1-2-4-13(12)20/h1-8,21H,9H2,(H,23,24,27). The molecule has 0 atom stereocenters. The Kier molecular flexibility index (Phi) is 6.48. The molecular formula is C18H12Cl2N6O4S2. The maximum Gasteiger partial charge on any atom is 0.270 e. The van der Waals surface area contributed by atoms with Crippen molar-refractivity contribution in [1.29, 1.82) is 0 Å². The normalized spacial score (nSPS) is 11.4. The lowest BCUT2D eigenvalue weighted by Gasteiger charge is -2.01. The average molecular weight is 511 g/mol. The molecule has 2 aromatic heterocycles. The second kappa shape index (κ2) is 9.30. The summed E-state index contributed by atoms with van der Waals surface area (Å²) in [6.07, 6.45) is 0. The molecule has 0 radical (unpaired) electrons. The van der Waals surface area contributed by atoms with Crippen LogP contribution in [-0.4, -0.2) is 34.7 Å². The third-order valence-corrected chi connectivity index (χ3v) is 7.15. The summed E-state index contributed by atoms with van der Waals surface area (Å²) in [6.45, 7) is -0.272. The molecule has 0 fully saturated rings. The van der Waals surface area contributed by atoms with Crippen molar-refractivity contribution in [2.24, 2.45) is 0 Å². The number of aromatic nitrogens is 4. The summed E-state index contributed by atoms with van der Waals surface area (Å²) in [5.41, 5.74) is 0.884. The maximum absolute atomic E-state index is 12.5. The van der Waals surface area contributed by atoms with E-state index in [1.807, 2.05) is 0 Å². The van der Waals surface area contributed by atoms with Crippen LogP contribution in [0.1, 0.15) is 16.2 Å². The van der Waals surface area contributed by atoms with Crippen LogP contribution in [0.4, 0.5) is 5.13 Å². The molecule has 0 saturated heterocycles. The Morgan fingerprint density at radius 2 is 1.81 bits per heavy atom. The highest BCUT2D eigenvalue weighted by Gasteiger charge is 2.22. The third kappa shape index (κ3) is 5.11. The van der Waals surface area contributed by atoms with Gasteiger partial charge in [0, 0.05) is 16.1 Å². The molecule has 1 amide bonds. The number of nitrogens with one attached hydrogen (secondary N) is 2. The van der Waals surface area contributed by atoms with Crippen LogP contribution in [-0.2, 0) is 16.6 Å². The maximum atomic E-state index is 12.5. The molecule has 0 saturated carbocycles. The number of hydrogen-bond donors (Lipinski definition) is 2. The number of carbonyl (C=O) groups is 1. The zero-order valence-corrected chi connectivity index (χ0v) is 19.0. The minimum absolute atomic E-state index is 0.0177. The number of rotatable bonds is 7. The topological polar surface area (TPSA) is 140 Å². The number of halogens is 2. The lowest BCUT2D eigenvalue weighted by molar-refractivity contribution is 0.102. The van der Waals surface area contributed by atoms with Crippen molar-refractivity contribution in [3.63, 3.8) is 0 Å². The number of anilines is 1. The molecule has 14 heteroatoms. The predicted octanol–water partition coefficient (Wildman–Crippen LogP) is 3.63. The summed E-state index contributed by atoms with van der Waals surface area (Å²) in [6, 6.07) is 13.1. The Balaban J connectivity index is 1.40. The molecule has 0 bridgehead atoms. The van der Waals surface area contributed by atoms with E-state index in [0.29, 0.717) is 32.5 Å². The van der Waals surface area contributed by atoms with Gasteiger partial charge in [0.2, 0.25) is 21.2 Å². The van der Waals surface area contributed by atoms with Gasteiger partial charge >= 0.3 is 0 Å². The smallest absolute Gasteiger partial charge is 0.270 e. The first-order valence-corrected chi connectivity index (χ1v) is 11.8. The van der Waals surface area contributed by atoms with Crippen molar-refractivity contribution >= 4 is 55.6 Å². The molecular weight excluding hydrogens is 499 g/mol. The van der Waals surface area contributed by atoms with Gasteiger partial charge in [-0.2, -0.15) is 9.71 Å². The molecule has 4 rings (SSSR count). The summed E-state index contributed by atoms with van der Waals surface area (Å²) in [7, 11) is -4.03. The van der Waals surface area contributed by atoms with E-state index in [0.717, 1.165) is 0 Å². The molecule has 0 aliphatic rings. The lowest BCUT2D eigenvalue weighted by atomic mass is 10.2. The highest BCUT2D eigenvalue weighted by Crippen LogP contribution is 2.25. The summed E-state index contributed by atoms with van der Waals surface area (Å²) in [4.78, 5) is 16.4. The van der Waals surface area contributed by atoms with Crippen LogP contribution in [0.2, 0.25) is 10.0 Å². The fraction of sp³-hybridized carbons (Fsp3) is 0.0556. The summed E-state index contributed by atoms with van der Waals surface area (Å²) in [5, 5.41) is 14.6. The Labute approximate surface area is 195 Å². The lowest BCUT2D eigenvalue weighted by Crippen LogP contribution is -2.23. The van der Waals surface area contributed by atoms with Crippen LogP contribution in [0.5, 0.6) is 0 Å². The molecule has 2 heterocycles. The van der Waals surface area contributed by atoms with Crippen molar-refractivity contribution in [1.82, 2.24) is 25.1 Å². The van der Waals surface area contributed by atoms with Gasteiger partial charge in [0.1, 0.15) is 0 Å². The molecule has 0 aliphatic heterocycles. The molecule has 164 valence electrons. The van der Waals surface area contributed by atoms with E-state index in [1.54, 1.807) is 36.4 Å². The van der Waals surface area contributed by atoms with Gasteiger partial charge < -0.3 is 4.52 Å². The van der Waals surface area contributed by atoms with Crippen LogP contribution in [0.3, 0.4) is 0 Å². The fourth-order valence-electron chi connectivity index (χ4n) is 2.44. The molecule has 0 unspecified atom stereocenters. The molecule has 32 heavy (non-hydrogen) atoms. The van der Waals surface area contributed by atoms with Gasteiger partial charge in [0.15, 0.2) is 0 Å². The Bertz CT molecular complexity index is 1370. The first-order chi connectivity index (χ1) is 15.3. The monoisotopic (exact) mass is 510 g/mol. The number of amides is 1. The minimum atomic E-state index is -4.03. The molecule has 0 spiro atoms. The van der Waals surface area contributed by atoms with Crippen LogP contribution in [0, 0.1) is 0 Å². The van der Waals surface area contributed by atoms with E-state index < -0.39 is 15.9 Å². The van der Waals surface area contributed by atoms with Crippen molar-refractivity contribution < 1.29 is 17.7 Å². The average Bonchev–Trinajstić information content (AvgIpc) is 3.43. The van der Waals surface area contributed by atoms with Crippen molar-refractivity contribution in [3.05, 3.63) is 70.0 Å². The van der Waals surface area contributed by atoms with Crippen molar-refractivity contribution in [2.45, 2.75) is 10.9 Å². The van der Waals surface area contributed by atoms with Gasteiger partial charge in [-0.1, -0.05) is 51.8 Å². The van der Waals surface area contributed by atoms with E-state index in [1.165, 1.54) is 12.1 Å². The SMILES string of the molecule is O=C(Nc1nnc(S(=O)(=O)NCc2nc(-c3ccccc3Cl)no2)s1)c1ccc(Cl)cc1. The highest BCUT2D eigenvalue weighted by atomic mass is 35.5. The van der Waals surface area contributed by atoms with Crippen LogP contribution < -0.4 is 10.0 Å².